The zero-order chi connectivity index (χ0) is 34.2. The highest BCUT2D eigenvalue weighted by atomic mass is 32.2. The average molecular weight is 663 g/mol. The van der Waals surface area contributed by atoms with E-state index in [2.05, 4.69) is 41.5 Å². The maximum absolute atomic E-state index is 14.1. The van der Waals surface area contributed by atoms with Crippen LogP contribution in [-0.2, 0) is 31.1 Å². The third-order valence-electron chi connectivity index (χ3n) is 7.28. The van der Waals surface area contributed by atoms with Gasteiger partial charge in [0.2, 0.25) is 0 Å². The summed E-state index contributed by atoms with van der Waals surface area (Å²) in [7, 11) is -7.83. The molecule has 242 valence electrons. The van der Waals surface area contributed by atoms with Crippen LogP contribution in [0.4, 0.5) is 0 Å². The molecule has 0 bridgehead atoms. The van der Waals surface area contributed by atoms with Crippen molar-refractivity contribution in [2.45, 2.75) is 52.4 Å². The molecule has 0 unspecified atom stereocenters. The highest BCUT2D eigenvalue weighted by Crippen LogP contribution is 2.36. The summed E-state index contributed by atoms with van der Waals surface area (Å²) < 4.78 is 58.1. The zero-order valence-corrected chi connectivity index (χ0v) is 28.8. The quantitative estimate of drug-likeness (QED) is 0.138. The van der Waals surface area contributed by atoms with Crippen molar-refractivity contribution in [1.29, 1.82) is 0 Å². The van der Waals surface area contributed by atoms with Crippen molar-refractivity contribution in [1.82, 2.24) is 0 Å². The van der Waals surface area contributed by atoms with Gasteiger partial charge in [-0.15, -0.1) is 0 Å². The van der Waals surface area contributed by atoms with E-state index < -0.39 is 31.8 Å². The Morgan fingerprint density at radius 2 is 0.804 bits per heavy atom. The van der Waals surface area contributed by atoms with Crippen molar-refractivity contribution < 1.29 is 34.8 Å². The molecule has 0 saturated heterocycles. The van der Waals surface area contributed by atoms with Crippen LogP contribution < -0.4 is 8.37 Å². The fourth-order valence-electron chi connectivity index (χ4n) is 4.90. The van der Waals surface area contributed by atoms with Gasteiger partial charge in [0.25, 0.3) is 0 Å². The Morgan fingerprint density at radius 3 is 1.07 bits per heavy atom. The van der Waals surface area contributed by atoms with E-state index in [4.69, 9.17) is 8.37 Å². The van der Waals surface area contributed by atoms with Crippen molar-refractivity contribution in [3.8, 4) is 22.6 Å². The minimum absolute atomic E-state index is 0.0800. The molecule has 0 fully saturated rings. The Morgan fingerprint density at radius 1 is 0.500 bits per heavy atom. The first kappa shape index (κ1) is 34.6. The largest absolute Gasteiger partial charge is 0.383 e. The predicted molar refractivity (Wildman–Crippen MR) is 180 cm³/mol. The third-order valence-corrected chi connectivity index (χ3v) is 8.27. The summed E-state index contributed by atoms with van der Waals surface area (Å²) in [6.07, 6.45) is 1.80. The first-order valence-electron chi connectivity index (χ1n) is 14.5. The van der Waals surface area contributed by atoms with Gasteiger partial charge in [-0.1, -0.05) is 90.1 Å². The fourth-order valence-corrected chi connectivity index (χ4v) is 5.81. The maximum atomic E-state index is 14.1. The van der Waals surface area contributed by atoms with Gasteiger partial charge >= 0.3 is 20.2 Å². The van der Waals surface area contributed by atoms with E-state index in [9.17, 15) is 26.4 Å². The van der Waals surface area contributed by atoms with Gasteiger partial charge in [0.15, 0.2) is 11.6 Å². The second-order valence-electron chi connectivity index (χ2n) is 13.3. The molecule has 0 aliphatic rings. The predicted octanol–water partition coefficient (Wildman–Crippen LogP) is 7.09. The molecule has 0 atom stereocenters. The lowest BCUT2D eigenvalue weighted by Crippen LogP contribution is -2.13. The Hall–Kier alpha value is -4.28. The van der Waals surface area contributed by atoms with Gasteiger partial charge in [-0.2, -0.15) is 16.8 Å². The van der Waals surface area contributed by atoms with Crippen LogP contribution in [-0.4, -0.2) is 40.9 Å². The van der Waals surface area contributed by atoms with Crippen molar-refractivity contribution in [2.24, 2.45) is 0 Å². The second-order valence-corrected chi connectivity index (χ2v) is 16.5. The Bertz CT molecular complexity index is 1860. The molecule has 10 heteroatoms. The van der Waals surface area contributed by atoms with E-state index in [-0.39, 0.29) is 33.5 Å². The number of carbonyl (C=O) groups excluding carboxylic acids is 2. The van der Waals surface area contributed by atoms with Crippen LogP contribution in [0.1, 0.15) is 84.5 Å². The van der Waals surface area contributed by atoms with Crippen LogP contribution in [0.2, 0.25) is 0 Å². The molecule has 4 aromatic rings. The smallest absolute Gasteiger partial charge is 0.306 e. The lowest BCUT2D eigenvalue weighted by molar-refractivity contribution is 0.102. The van der Waals surface area contributed by atoms with E-state index in [0.717, 1.165) is 23.6 Å². The lowest BCUT2D eigenvalue weighted by Gasteiger charge is -2.20. The number of rotatable bonds is 9. The molecule has 0 radical (unpaired) electrons. The monoisotopic (exact) mass is 662 g/mol. The molecule has 4 aromatic carbocycles. The molecule has 4 rings (SSSR count). The minimum Gasteiger partial charge on any atom is -0.383 e. The highest BCUT2D eigenvalue weighted by molar-refractivity contribution is 7.86. The molecule has 46 heavy (non-hydrogen) atoms. The van der Waals surface area contributed by atoms with Crippen LogP contribution in [0.25, 0.3) is 11.1 Å². The average Bonchev–Trinajstić information content (AvgIpc) is 2.94. The van der Waals surface area contributed by atoms with E-state index in [1.54, 1.807) is 24.3 Å². The summed E-state index contributed by atoms with van der Waals surface area (Å²) in [5.41, 5.74) is 3.21. The van der Waals surface area contributed by atoms with Gasteiger partial charge in [-0.3, -0.25) is 9.59 Å². The third kappa shape index (κ3) is 8.50. The summed E-state index contributed by atoms with van der Waals surface area (Å²) >= 11 is 0. The minimum atomic E-state index is -3.92. The first-order chi connectivity index (χ1) is 21.1. The summed E-state index contributed by atoms with van der Waals surface area (Å²) in [6, 6.07) is 22.7. The highest BCUT2D eigenvalue weighted by Gasteiger charge is 2.24. The fraction of sp³-hybridized carbons (Fsp3) is 0.278. The van der Waals surface area contributed by atoms with Crippen LogP contribution >= 0.6 is 0 Å². The molecule has 0 aliphatic heterocycles. The second kappa shape index (κ2) is 12.5. The van der Waals surface area contributed by atoms with Gasteiger partial charge in [0.1, 0.15) is 11.5 Å². The van der Waals surface area contributed by atoms with Gasteiger partial charge in [-0.25, -0.2) is 0 Å². The summed E-state index contributed by atoms with van der Waals surface area (Å²) in [4.78, 5) is 28.1. The topological polar surface area (TPSA) is 121 Å². The van der Waals surface area contributed by atoms with Crippen molar-refractivity contribution in [2.75, 3.05) is 12.5 Å². The first-order valence-corrected chi connectivity index (χ1v) is 18.1. The van der Waals surface area contributed by atoms with Gasteiger partial charge in [0, 0.05) is 22.3 Å². The molecule has 0 aromatic heterocycles. The molecule has 0 spiro atoms. The summed E-state index contributed by atoms with van der Waals surface area (Å²) in [6.45, 7) is 12.3. The molecule has 0 aliphatic carbocycles. The number of carbonyl (C=O) groups is 2. The Balaban J connectivity index is 1.94. The number of hydrogen-bond donors (Lipinski definition) is 0. The van der Waals surface area contributed by atoms with Crippen LogP contribution in [0, 0.1) is 0 Å². The zero-order valence-electron chi connectivity index (χ0n) is 27.2. The van der Waals surface area contributed by atoms with Gasteiger partial charge in [0.05, 0.1) is 12.5 Å². The number of ketones is 2. The number of benzene rings is 4. The van der Waals surface area contributed by atoms with E-state index in [1.165, 1.54) is 36.4 Å². The molecule has 0 heterocycles. The maximum Gasteiger partial charge on any atom is 0.306 e. The van der Waals surface area contributed by atoms with Crippen LogP contribution in [0.5, 0.6) is 11.5 Å². The number of hydrogen-bond acceptors (Lipinski definition) is 8. The van der Waals surface area contributed by atoms with Crippen molar-refractivity contribution in [3.63, 3.8) is 0 Å². The Kier molecular flexibility index (Phi) is 9.39. The standard InChI is InChI=1S/C36H38O8S2/c1-35(2,3)25-13-9-23(10-14-25)33(37)31-21-27(43-45(7,39)40)17-19-29(31)30-20-18-28(44-46(8,41)42)22-32(30)34(38)24-11-15-26(16-12-24)36(4,5)6/h9-22H,1-8H3. The van der Waals surface area contributed by atoms with Crippen LogP contribution in [0.3, 0.4) is 0 Å². The SMILES string of the molecule is CC(C)(C)c1ccc(C(=O)c2cc(OS(C)(=O)=O)ccc2-c2ccc(OS(C)(=O)=O)cc2C(=O)c2ccc(C(C)(C)C)cc2)cc1. The van der Waals surface area contributed by atoms with Crippen molar-refractivity contribution >= 4 is 31.8 Å². The van der Waals surface area contributed by atoms with Crippen LogP contribution in [0.15, 0.2) is 84.9 Å². The molecular formula is C36H38O8S2. The summed E-state index contributed by atoms with van der Waals surface area (Å²) in [5.74, 6) is -1.02. The molecule has 0 amide bonds. The summed E-state index contributed by atoms with van der Waals surface area (Å²) in [5, 5.41) is 0. The molecule has 0 saturated carbocycles. The molecule has 0 N–H and O–H groups in total. The normalized spacial score (nSPS) is 12.4. The van der Waals surface area contributed by atoms with Gasteiger partial charge < -0.3 is 8.37 Å². The molecular weight excluding hydrogens is 625 g/mol. The van der Waals surface area contributed by atoms with E-state index in [1.807, 2.05) is 24.3 Å². The van der Waals surface area contributed by atoms with Crippen molar-refractivity contribution in [3.05, 3.63) is 118 Å². The Labute approximate surface area is 271 Å². The van der Waals surface area contributed by atoms with E-state index in [0.29, 0.717) is 22.3 Å². The van der Waals surface area contributed by atoms with E-state index >= 15 is 0 Å². The molecule has 8 nitrogen and oxygen atoms in total. The van der Waals surface area contributed by atoms with Gasteiger partial charge in [-0.05, 0) is 69.5 Å². The lowest BCUT2D eigenvalue weighted by atomic mass is 9.84.